The number of halogens is 1. The van der Waals surface area contributed by atoms with E-state index >= 15 is 0 Å². The maximum atomic E-state index is 13.0. The van der Waals surface area contributed by atoms with Crippen LogP contribution in [0.2, 0.25) is 0 Å². The molecule has 3 atom stereocenters. The Bertz CT molecular complexity index is 676. The van der Waals surface area contributed by atoms with E-state index in [1.165, 1.54) is 18.6 Å². The number of hydrogen-bond acceptors (Lipinski definition) is 3. The molecule has 0 bridgehead atoms. The summed E-state index contributed by atoms with van der Waals surface area (Å²) in [5.41, 5.74) is 0.825. The van der Waals surface area contributed by atoms with E-state index in [0.29, 0.717) is 38.0 Å². The lowest BCUT2D eigenvalue weighted by atomic mass is 9.91. The first-order valence-corrected chi connectivity index (χ1v) is 10.4. The molecule has 6 heteroatoms. The van der Waals surface area contributed by atoms with Crippen molar-refractivity contribution in [3.05, 3.63) is 35.6 Å². The molecule has 0 aliphatic carbocycles. The van der Waals surface area contributed by atoms with Crippen molar-refractivity contribution in [3.63, 3.8) is 0 Å². The van der Waals surface area contributed by atoms with Crippen molar-refractivity contribution >= 4 is 11.8 Å². The molecule has 2 saturated heterocycles. The third kappa shape index (κ3) is 5.10. The number of hydrogen-bond donors (Lipinski definition) is 0. The molecule has 1 aromatic rings. The zero-order chi connectivity index (χ0) is 20.3. The van der Waals surface area contributed by atoms with E-state index < -0.39 is 0 Å². The first-order valence-electron chi connectivity index (χ1n) is 10.4. The number of piperazine rings is 1. The predicted molar refractivity (Wildman–Crippen MR) is 107 cm³/mol. The number of amides is 2. The van der Waals surface area contributed by atoms with Crippen LogP contribution in [-0.4, -0.2) is 71.8 Å². The van der Waals surface area contributed by atoms with Gasteiger partial charge in [0.1, 0.15) is 5.82 Å². The summed E-state index contributed by atoms with van der Waals surface area (Å²) < 4.78 is 13.0. The lowest BCUT2D eigenvalue weighted by Crippen LogP contribution is -2.57. The summed E-state index contributed by atoms with van der Waals surface area (Å²) in [5, 5.41) is 0. The van der Waals surface area contributed by atoms with Crippen LogP contribution in [0.1, 0.15) is 32.8 Å². The van der Waals surface area contributed by atoms with Crippen LogP contribution in [-0.2, 0) is 16.0 Å². The monoisotopic (exact) mass is 389 g/mol. The summed E-state index contributed by atoms with van der Waals surface area (Å²) in [4.78, 5) is 31.5. The molecule has 1 aromatic carbocycles. The third-order valence-electron chi connectivity index (χ3n) is 6.02. The SMILES string of the molecule is CC1CC(C)CN(C(=O)C(C)N2CCN(C(=O)Cc3ccc(F)cc3)CC2)C1. The third-order valence-corrected chi connectivity index (χ3v) is 6.02. The quantitative estimate of drug-likeness (QED) is 0.794. The highest BCUT2D eigenvalue weighted by atomic mass is 19.1. The van der Waals surface area contributed by atoms with Crippen molar-refractivity contribution in [3.8, 4) is 0 Å². The van der Waals surface area contributed by atoms with Gasteiger partial charge >= 0.3 is 0 Å². The fraction of sp³-hybridized carbons (Fsp3) is 0.636. The van der Waals surface area contributed by atoms with Gasteiger partial charge in [-0.2, -0.15) is 0 Å². The molecule has 2 aliphatic heterocycles. The number of carbonyl (C=O) groups excluding carboxylic acids is 2. The van der Waals surface area contributed by atoms with Gasteiger partial charge in [0.25, 0.3) is 0 Å². The number of nitrogens with zero attached hydrogens (tertiary/aromatic N) is 3. The molecule has 2 amide bonds. The maximum absolute atomic E-state index is 13.0. The van der Waals surface area contributed by atoms with Crippen LogP contribution >= 0.6 is 0 Å². The summed E-state index contributed by atoms with van der Waals surface area (Å²) >= 11 is 0. The minimum atomic E-state index is -0.291. The van der Waals surface area contributed by atoms with E-state index in [-0.39, 0.29) is 30.1 Å². The van der Waals surface area contributed by atoms with Crippen LogP contribution < -0.4 is 0 Å². The second-order valence-corrected chi connectivity index (χ2v) is 8.59. The Labute approximate surface area is 167 Å². The Morgan fingerprint density at radius 1 is 1.00 bits per heavy atom. The van der Waals surface area contributed by atoms with Crippen molar-refractivity contribution in [2.75, 3.05) is 39.3 Å². The van der Waals surface area contributed by atoms with Gasteiger partial charge in [0.2, 0.25) is 11.8 Å². The van der Waals surface area contributed by atoms with Gasteiger partial charge in [-0.1, -0.05) is 26.0 Å². The molecule has 154 valence electrons. The number of piperidine rings is 1. The summed E-state index contributed by atoms with van der Waals surface area (Å²) in [6, 6.07) is 5.94. The smallest absolute Gasteiger partial charge is 0.239 e. The molecule has 2 aliphatic rings. The minimum Gasteiger partial charge on any atom is -0.341 e. The summed E-state index contributed by atoms with van der Waals surface area (Å²) in [6.07, 6.45) is 1.48. The molecule has 0 saturated carbocycles. The van der Waals surface area contributed by atoms with E-state index in [0.717, 1.165) is 18.7 Å². The van der Waals surface area contributed by atoms with Crippen LogP contribution in [0.3, 0.4) is 0 Å². The Morgan fingerprint density at radius 2 is 1.57 bits per heavy atom. The van der Waals surface area contributed by atoms with E-state index in [4.69, 9.17) is 0 Å². The van der Waals surface area contributed by atoms with Crippen molar-refractivity contribution in [1.29, 1.82) is 0 Å². The van der Waals surface area contributed by atoms with Gasteiger partial charge in [-0.25, -0.2) is 4.39 Å². The van der Waals surface area contributed by atoms with Gasteiger partial charge < -0.3 is 9.80 Å². The first-order chi connectivity index (χ1) is 13.3. The molecule has 0 aromatic heterocycles. The van der Waals surface area contributed by atoms with Gasteiger partial charge in [0.05, 0.1) is 12.5 Å². The largest absolute Gasteiger partial charge is 0.341 e. The van der Waals surface area contributed by atoms with Crippen molar-refractivity contribution in [1.82, 2.24) is 14.7 Å². The fourth-order valence-corrected chi connectivity index (χ4v) is 4.51. The van der Waals surface area contributed by atoms with Gasteiger partial charge in [-0.15, -0.1) is 0 Å². The number of carbonyl (C=O) groups is 2. The van der Waals surface area contributed by atoms with Crippen molar-refractivity contribution in [2.24, 2.45) is 11.8 Å². The van der Waals surface area contributed by atoms with Crippen LogP contribution in [0.25, 0.3) is 0 Å². The minimum absolute atomic E-state index is 0.0592. The Balaban J connectivity index is 1.49. The molecule has 2 heterocycles. The molecule has 0 N–H and O–H groups in total. The Hall–Kier alpha value is -1.95. The predicted octanol–water partition coefficient (Wildman–Crippen LogP) is 2.41. The average Bonchev–Trinajstić information content (AvgIpc) is 2.68. The molecule has 2 fully saturated rings. The van der Waals surface area contributed by atoms with Gasteiger partial charge in [0, 0.05) is 39.3 Å². The van der Waals surface area contributed by atoms with Crippen molar-refractivity contribution in [2.45, 2.75) is 39.7 Å². The lowest BCUT2D eigenvalue weighted by molar-refractivity contribution is -0.140. The number of rotatable bonds is 4. The molecule has 5 nitrogen and oxygen atoms in total. The van der Waals surface area contributed by atoms with E-state index in [1.54, 1.807) is 12.1 Å². The highest BCUT2D eigenvalue weighted by molar-refractivity contribution is 5.82. The second kappa shape index (κ2) is 9.03. The summed E-state index contributed by atoms with van der Waals surface area (Å²) in [5.74, 6) is 1.09. The van der Waals surface area contributed by atoms with Gasteiger partial charge in [-0.3, -0.25) is 14.5 Å². The van der Waals surface area contributed by atoms with Gasteiger partial charge in [-0.05, 0) is 42.9 Å². The van der Waals surface area contributed by atoms with E-state index in [2.05, 4.69) is 18.7 Å². The summed E-state index contributed by atoms with van der Waals surface area (Å²) in [7, 11) is 0. The van der Waals surface area contributed by atoms with Crippen LogP contribution in [0.15, 0.2) is 24.3 Å². The molecule has 0 spiro atoms. The Kier molecular flexibility index (Phi) is 6.70. The molecule has 3 rings (SSSR count). The zero-order valence-electron chi connectivity index (χ0n) is 17.2. The Morgan fingerprint density at radius 3 is 2.14 bits per heavy atom. The topological polar surface area (TPSA) is 43.9 Å². The van der Waals surface area contributed by atoms with Crippen LogP contribution in [0.4, 0.5) is 4.39 Å². The standard InChI is InChI=1S/C22H32FN3O2/c1-16-12-17(2)15-26(14-16)22(28)18(3)24-8-10-25(11-9-24)21(27)13-19-4-6-20(23)7-5-19/h4-7,16-18H,8-15H2,1-3H3. The number of benzene rings is 1. The fourth-order valence-electron chi connectivity index (χ4n) is 4.51. The maximum Gasteiger partial charge on any atom is 0.239 e. The van der Waals surface area contributed by atoms with E-state index in [1.807, 2.05) is 16.7 Å². The lowest BCUT2D eigenvalue weighted by Gasteiger charge is -2.41. The first kappa shape index (κ1) is 20.8. The summed E-state index contributed by atoms with van der Waals surface area (Å²) in [6.45, 7) is 10.8. The van der Waals surface area contributed by atoms with Crippen LogP contribution in [0, 0.1) is 17.7 Å². The molecule has 0 radical (unpaired) electrons. The van der Waals surface area contributed by atoms with Gasteiger partial charge in [0.15, 0.2) is 0 Å². The average molecular weight is 390 g/mol. The van der Waals surface area contributed by atoms with Crippen molar-refractivity contribution < 1.29 is 14.0 Å². The normalized spacial score (nSPS) is 24.9. The number of likely N-dealkylation sites (tertiary alicyclic amines) is 1. The highest BCUT2D eigenvalue weighted by Gasteiger charge is 2.32. The highest BCUT2D eigenvalue weighted by Crippen LogP contribution is 2.22. The van der Waals surface area contributed by atoms with Crippen LogP contribution in [0.5, 0.6) is 0 Å². The molecular formula is C22H32FN3O2. The second-order valence-electron chi connectivity index (χ2n) is 8.59. The molecule has 3 unspecified atom stereocenters. The molecular weight excluding hydrogens is 357 g/mol. The molecule has 28 heavy (non-hydrogen) atoms. The van der Waals surface area contributed by atoms with E-state index in [9.17, 15) is 14.0 Å². The zero-order valence-corrected chi connectivity index (χ0v) is 17.2.